The highest BCUT2D eigenvalue weighted by molar-refractivity contribution is 7.11. The van der Waals surface area contributed by atoms with Gasteiger partial charge in [-0.2, -0.15) is 0 Å². The fourth-order valence-electron chi connectivity index (χ4n) is 1.90. The number of fused-ring (bicyclic) bond motifs is 1. The van der Waals surface area contributed by atoms with Gasteiger partial charge in [0, 0.05) is 10.8 Å². The van der Waals surface area contributed by atoms with Gasteiger partial charge in [0.1, 0.15) is 0 Å². The van der Waals surface area contributed by atoms with Crippen molar-refractivity contribution >= 4 is 11.3 Å². The molecule has 0 saturated carbocycles. The Morgan fingerprint density at radius 2 is 2.23 bits per heavy atom. The maximum Gasteiger partial charge on any atom is 0.0956 e. The van der Waals surface area contributed by atoms with Crippen LogP contribution in [0.5, 0.6) is 0 Å². The van der Waals surface area contributed by atoms with Gasteiger partial charge in [-0.1, -0.05) is 20.8 Å². The summed E-state index contributed by atoms with van der Waals surface area (Å²) >= 11 is 1.94. The summed E-state index contributed by atoms with van der Waals surface area (Å²) in [5, 5.41) is 1.33. The molecule has 0 spiro atoms. The molecule has 0 radical (unpaired) electrons. The van der Waals surface area contributed by atoms with Gasteiger partial charge in [-0.3, -0.25) is 0 Å². The number of hydrogen-bond donors (Lipinski definition) is 0. The van der Waals surface area contributed by atoms with E-state index in [4.69, 9.17) is 4.98 Å². The van der Waals surface area contributed by atoms with Crippen LogP contribution in [0.2, 0.25) is 0 Å². The molecular formula is C11H17NS. The van der Waals surface area contributed by atoms with Crippen molar-refractivity contribution in [3.8, 4) is 0 Å². The zero-order valence-corrected chi connectivity index (χ0v) is 9.45. The van der Waals surface area contributed by atoms with E-state index >= 15 is 0 Å². The predicted octanol–water partition coefficient (Wildman–Crippen LogP) is 3.71. The first-order valence-electron chi connectivity index (χ1n) is 5.18. The van der Waals surface area contributed by atoms with Gasteiger partial charge in [-0.15, -0.1) is 11.3 Å². The first-order chi connectivity index (χ1) is 6.18. The van der Waals surface area contributed by atoms with Crippen LogP contribution in [-0.2, 0) is 6.42 Å². The molecule has 13 heavy (non-hydrogen) atoms. The second kappa shape index (κ2) is 3.41. The smallest absolute Gasteiger partial charge is 0.0956 e. The van der Waals surface area contributed by atoms with E-state index in [0.717, 1.165) is 0 Å². The number of aromatic nitrogens is 1. The molecule has 0 saturated heterocycles. The Morgan fingerprint density at radius 3 is 2.85 bits per heavy atom. The average Bonchev–Trinajstić information content (AvgIpc) is 2.49. The van der Waals surface area contributed by atoms with Crippen LogP contribution in [0.25, 0.3) is 0 Å². The summed E-state index contributed by atoms with van der Waals surface area (Å²) in [6.45, 7) is 6.77. The summed E-state index contributed by atoms with van der Waals surface area (Å²) in [6, 6.07) is 0. The van der Waals surface area contributed by atoms with Gasteiger partial charge in [-0.05, 0) is 25.2 Å². The van der Waals surface area contributed by atoms with Crippen molar-refractivity contribution in [1.29, 1.82) is 0 Å². The normalized spacial score (nSPS) is 22.0. The average molecular weight is 195 g/mol. The summed E-state index contributed by atoms with van der Waals surface area (Å²) in [6.07, 6.45) is 3.95. The number of rotatable bonds is 1. The number of thiazole rings is 1. The van der Waals surface area contributed by atoms with E-state index in [0.29, 0.717) is 11.8 Å². The van der Waals surface area contributed by atoms with E-state index in [2.05, 4.69) is 20.8 Å². The molecular weight excluding hydrogens is 178 g/mol. The number of nitrogens with zero attached hydrogens (tertiary/aromatic N) is 1. The van der Waals surface area contributed by atoms with Crippen molar-refractivity contribution < 1.29 is 0 Å². The summed E-state index contributed by atoms with van der Waals surface area (Å²) in [5.74, 6) is 1.30. The number of hydrogen-bond acceptors (Lipinski definition) is 2. The molecule has 1 heterocycles. The Hall–Kier alpha value is -0.370. The lowest BCUT2D eigenvalue weighted by atomic mass is 9.93. The Bertz CT molecular complexity index is 301. The van der Waals surface area contributed by atoms with Gasteiger partial charge in [0.2, 0.25) is 0 Å². The van der Waals surface area contributed by atoms with Crippen LogP contribution >= 0.6 is 11.3 Å². The van der Waals surface area contributed by atoms with Crippen molar-refractivity contribution in [1.82, 2.24) is 4.98 Å². The molecule has 0 bridgehead atoms. The topological polar surface area (TPSA) is 12.9 Å². The molecule has 2 rings (SSSR count). The summed E-state index contributed by atoms with van der Waals surface area (Å²) < 4.78 is 0. The fourth-order valence-corrected chi connectivity index (χ4v) is 3.13. The lowest BCUT2D eigenvalue weighted by Crippen LogP contribution is -2.04. The zero-order valence-electron chi connectivity index (χ0n) is 8.63. The molecule has 72 valence electrons. The molecule has 2 heteroatoms. The van der Waals surface area contributed by atoms with E-state index in [1.807, 2.05) is 11.3 Å². The third-order valence-electron chi connectivity index (χ3n) is 2.75. The highest BCUT2D eigenvalue weighted by atomic mass is 32.1. The highest BCUT2D eigenvalue weighted by Gasteiger charge is 2.21. The predicted molar refractivity (Wildman–Crippen MR) is 57.6 cm³/mol. The highest BCUT2D eigenvalue weighted by Crippen LogP contribution is 2.36. The summed E-state index contributed by atoms with van der Waals surface area (Å²) in [5.41, 5.74) is 1.40. The molecule has 1 atom stereocenters. The van der Waals surface area contributed by atoms with Crippen LogP contribution in [0, 0.1) is 0 Å². The van der Waals surface area contributed by atoms with Crippen LogP contribution in [0.1, 0.15) is 61.0 Å². The van der Waals surface area contributed by atoms with Crippen LogP contribution in [0.4, 0.5) is 0 Å². The molecule has 1 unspecified atom stereocenters. The standard InChI is InChI=1S/C11H17NS/c1-7(2)11-12-10-8(3)5-4-6-9(10)13-11/h7-8H,4-6H2,1-3H3. The molecule has 1 aromatic heterocycles. The van der Waals surface area contributed by atoms with Crippen molar-refractivity contribution in [3.63, 3.8) is 0 Å². The van der Waals surface area contributed by atoms with Gasteiger partial charge in [0.15, 0.2) is 0 Å². The second-order valence-electron chi connectivity index (χ2n) is 4.31. The quantitative estimate of drug-likeness (QED) is 0.665. The first-order valence-corrected chi connectivity index (χ1v) is 5.99. The Balaban J connectivity index is 2.36. The molecule has 0 fully saturated rings. The Kier molecular flexibility index (Phi) is 2.41. The largest absolute Gasteiger partial charge is 0.245 e. The van der Waals surface area contributed by atoms with Crippen molar-refractivity contribution in [3.05, 3.63) is 15.6 Å². The molecule has 1 aliphatic rings. The van der Waals surface area contributed by atoms with Gasteiger partial charge < -0.3 is 0 Å². The van der Waals surface area contributed by atoms with E-state index in [-0.39, 0.29) is 0 Å². The number of aryl methyl sites for hydroxylation is 1. The Labute approximate surface area is 84.2 Å². The monoisotopic (exact) mass is 195 g/mol. The third-order valence-corrected chi connectivity index (χ3v) is 4.18. The van der Waals surface area contributed by atoms with Crippen LogP contribution in [0.3, 0.4) is 0 Å². The van der Waals surface area contributed by atoms with E-state index < -0.39 is 0 Å². The maximum absolute atomic E-state index is 4.75. The summed E-state index contributed by atoms with van der Waals surface area (Å²) in [4.78, 5) is 6.31. The lowest BCUT2D eigenvalue weighted by Gasteiger charge is -2.15. The fraction of sp³-hybridized carbons (Fsp3) is 0.727. The van der Waals surface area contributed by atoms with E-state index in [1.54, 1.807) is 4.88 Å². The molecule has 1 aliphatic carbocycles. The summed E-state index contributed by atoms with van der Waals surface area (Å²) in [7, 11) is 0. The van der Waals surface area contributed by atoms with Crippen molar-refractivity contribution in [2.45, 2.75) is 51.9 Å². The van der Waals surface area contributed by atoms with Gasteiger partial charge in [-0.25, -0.2) is 4.98 Å². The van der Waals surface area contributed by atoms with Crippen LogP contribution in [-0.4, -0.2) is 4.98 Å². The third kappa shape index (κ3) is 1.64. The molecule has 0 aliphatic heterocycles. The minimum absolute atomic E-state index is 0.600. The second-order valence-corrected chi connectivity index (χ2v) is 5.42. The Morgan fingerprint density at radius 1 is 1.46 bits per heavy atom. The molecule has 1 nitrogen and oxygen atoms in total. The van der Waals surface area contributed by atoms with E-state index in [9.17, 15) is 0 Å². The van der Waals surface area contributed by atoms with Crippen molar-refractivity contribution in [2.75, 3.05) is 0 Å². The van der Waals surface area contributed by atoms with Gasteiger partial charge in [0.05, 0.1) is 10.7 Å². The van der Waals surface area contributed by atoms with Crippen LogP contribution in [0.15, 0.2) is 0 Å². The maximum atomic E-state index is 4.75. The first kappa shape index (κ1) is 9.20. The van der Waals surface area contributed by atoms with Crippen LogP contribution < -0.4 is 0 Å². The van der Waals surface area contributed by atoms with Crippen molar-refractivity contribution in [2.24, 2.45) is 0 Å². The minimum atomic E-state index is 0.600. The van der Waals surface area contributed by atoms with E-state index in [1.165, 1.54) is 30.0 Å². The lowest BCUT2D eigenvalue weighted by molar-refractivity contribution is 0.581. The zero-order chi connectivity index (χ0) is 9.42. The molecule has 1 aromatic rings. The van der Waals surface area contributed by atoms with Gasteiger partial charge >= 0.3 is 0 Å². The SMILES string of the molecule is CC(C)c1nc2c(s1)CCCC2C. The molecule has 0 amide bonds. The molecule has 0 N–H and O–H groups in total. The minimum Gasteiger partial charge on any atom is -0.245 e. The van der Waals surface area contributed by atoms with Gasteiger partial charge in [0.25, 0.3) is 0 Å². The molecule has 0 aromatic carbocycles.